The molecular formula is C13H18Cl2N2O2. The first-order valence-electron chi connectivity index (χ1n) is 6.17. The predicted molar refractivity (Wildman–Crippen MR) is 76.9 cm³/mol. The molecule has 0 saturated carbocycles. The predicted octanol–water partition coefficient (Wildman–Crippen LogP) is 3.18. The van der Waals surface area contributed by atoms with Crippen LogP contribution in [0, 0.1) is 5.92 Å². The molecule has 0 aliphatic heterocycles. The Morgan fingerprint density at radius 2 is 2.21 bits per heavy atom. The molecule has 1 aromatic rings. The van der Waals surface area contributed by atoms with Gasteiger partial charge in [0.15, 0.2) is 0 Å². The second-order valence-electron chi connectivity index (χ2n) is 4.57. The summed E-state index contributed by atoms with van der Waals surface area (Å²) in [5.41, 5.74) is 0.338. The molecule has 0 spiro atoms. The summed E-state index contributed by atoms with van der Waals surface area (Å²) in [5.74, 6) is 0.269. The van der Waals surface area contributed by atoms with Crippen LogP contribution < -0.4 is 5.32 Å². The van der Waals surface area contributed by atoms with Gasteiger partial charge in [0.2, 0.25) is 0 Å². The average Bonchev–Trinajstić information content (AvgIpc) is 2.36. The molecule has 1 aromatic heterocycles. The molecule has 0 aliphatic rings. The Hall–Kier alpha value is -0.840. The summed E-state index contributed by atoms with van der Waals surface area (Å²) in [7, 11) is 0. The van der Waals surface area contributed by atoms with Crippen LogP contribution in [0.2, 0.25) is 10.2 Å². The van der Waals surface area contributed by atoms with Gasteiger partial charge in [-0.1, -0.05) is 37.0 Å². The van der Waals surface area contributed by atoms with E-state index < -0.39 is 0 Å². The van der Waals surface area contributed by atoms with E-state index in [9.17, 15) is 4.79 Å². The highest BCUT2D eigenvalue weighted by molar-refractivity contribution is 6.35. The topological polar surface area (TPSA) is 51.2 Å². The van der Waals surface area contributed by atoms with Gasteiger partial charge in [0.05, 0.1) is 10.6 Å². The Morgan fingerprint density at radius 3 is 2.89 bits per heavy atom. The first kappa shape index (κ1) is 16.2. The van der Waals surface area contributed by atoms with Crippen LogP contribution in [0.15, 0.2) is 12.3 Å². The third-order valence-corrected chi connectivity index (χ3v) is 2.78. The first-order chi connectivity index (χ1) is 9.00. The summed E-state index contributed by atoms with van der Waals surface area (Å²) in [6.07, 6.45) is 2.12. The number of nitrogens with one attached hydrogen (secondary N) is 1. The molecule has 1 N–H and O–H groups in total. The quantitative estimate of drug-likeness (QED) is 0.622. The number of rotatable bonds is 7. The van der Waals surface area contributed by atoms with E-state index in [1.54, 1.807) is 0 Å². The largest absolute Gasteiger partial charge is 0.381 e. The zero-order valence-electron chi connectivity index (χ0n) is 11.1. The molecular weight excluding hydrogens is 287 g/mol. The monoisotopic (exact) mass is 304 g/mol. The number of carbonyl (C=O) groups is 1. The number of carbonyl (C=O) groups excluding carboxylic acids is 1. The molecule has 1 amide bonds. The molecule has 0 aliphatic carbocycles. The van der Waals surface area contributed by atoms with Crippen molar-refractivity contribution >= 4 is 29.1 Å². The summed E-state index contributed by atoms with van der Waals surface area (Å²) < 4.78 is 5.42. The van der Waals surface area contributed by atoms with Crippen molar-refractivity contribution in [3.8, 4) is 0 Å². The number of amides is 1. The molecule has 0 atom stereocenters. The van der Waals surface area contributed by atoms with Crippen molar-refractivity contribution in [2.75, 3.05) is 19.8 Å². The highest BCUT2D eigenvalue weighted by Crippen LogP contribution is 2.17. The van der Waals surface area contributed by atoms with E-state index in [4.69, 9.17) is 27.9 Å². The average molecular weight is 305 g/mol. The zero-order chi connectivity index (χ0) is 14.3. The fourth-order valence-corrected chi connectivity index (χ4v) is 1.72. The van der Waals surface area contributed by atoms with Crippen molar-refractivity contribution < 1.29 is 9.53 Å². The summed E-state index contributed by atoms with van der Waals surface area (Å²) in [6, 6.07) is 1.45. The van der Waals surface area contributed by atoms with Crippen LogP contribution in [-0.2, 0) is 4.74 Å². The van der Waals surface area contributed by atoms with Crippen LogP contribution in [0.4, 0.5) is 0 Å². The van der Waals surface area contributed by atoms with E-state index >= 15 is 0 Å². The number of ether oxygens (including phenoxy) is 1. The standard InChI is InChI=1S/C13H18Cl2N2O2/c1-9(2)8-19-5-3-4-16-13(18)10-6-12(15)17-7-11(10)14/h6-7,9H,3-5,8H2,1-2H3,(H,16,18). The molecule has 4 nitrogen and oxygen atoms in total. The summed E-state index contributed by atoms with van der Waals surface area (Å²) in [6.45, 7) is 6.09. The molecule has 6 heteroatoms. The molecule has 1 rings (SSSR count). The van der Waals surface area contributed by atoms with Crippen LogP contribution in [0.25, 0.3) is 0 Å². The second kappa shape index (κ2) is 8.35. The molecule has 0 saturated heterocycles. The lowest BCUT2D eigenvalue weighted by Crippen LogP contribution is -2.25. The van der Waals surface area contributed by atoms with Gasteiger partial charge in [-0.3, -0.25) is 4.79 Å². The maximum Gasteiger partial charge on any atom is 0.252 e. The highest BCUT2D eigenvalue weighted by Gasteiger charge is 2.10. The van der Waals surface area contributed by atoms with Gasteiger partial charge in [-0.2, -0.15) is 0 Å². The minimum Gasteiger partial charge on any atom is -0.381 e. The van der Waals surface area contributed by atoms with Crippen molar-refractivity contribution in [3.05, 3.63) is 28.0 Å². The summed E-state index contributed by atoms with van der Waals surface area (Å²) in [4.78, 5) is 15.6. The van der Waals surface area contributed by atoms with E-state index in [2.05, 4.69) is 24.1 Å². The van der Waals surface area contributed by atoms with Gasteiger partial charge in [0, 0.05) is 26.0 Å². The van der Waals surface area contributed by atoms with Crippen molar-refractivity contribution in [1.82, 2.24) is 10.3 Å². The van der Waals surface area contributed by atoms with E-state index in [-0.39, 0.29) is 16.1 Å². The number of halogens is 2. The maximum absolute atomic E-state index is 11.8. The smallest absolute Gasteiger partial charge is 0.252 e. The van der Waals surface area contributed by atoms with Gasteiger partial charge >= 0.3 is 0 Å². The second-order valence-corrected chi connectivity index (χ2v) is 5.36. The van der Waals surface area contributed by atoms with Crippen molar-refractivity contribution in [1.29, 1.82) is 0 Å². The maximum atomic E-state index is 11.8. The van der Waals surface area contributed by atoms with Crippen LogP contribution in [0.3, 0.4) is 0 Å². The number of aromatic nitrogens is 1. The lowest BCUT2D eigenvalue weighted by molar-refractivity contribution is 0.0925. The number of pyridine rings is 1. The van der Waals surface area contributed by atoms with Crippen molar-refractivity contribution in [2.45, 2.75) is 20.3 Å². The van der Waals surface area contributed by atoms with Gasteiger partial charge in [0.25, 0.3) is 5.91 Å². The van der Waals surface area contributed by atoms with Gasteiger partial charge in [-0.15, -0.1) is 0 Å². The highest BCUT2D eigenvalue weighted by atomic mass is 35.5. The van der Waals surface area contributed by atoms with E-state index in [0.717, 1.165) is 13.0 Å². The van der Waals surface area contributed by atoms with E-state index in [1.807, 2.05) is 0 Å². The fraction of sp³-hybridized carbons (Fsp3) is 0.538. The third kappa shape index (κ3) is 6.23. The van der Waals surface area contributed by atoms with Crippen LogP contribution in [0.1, 0.15) is 30.6 Å². The van der Waals surface area contributed by atoms with Gasteiger partial charge in [-0.25, -0.2) is 4.98 Å². The van der Waals surface area contributed by atoms with E-state index in [0.29, 0.717) is 24.6 Å². The number of hydrogen-bond donors (Lipinski definition) is 1. The summed E-state index contributed by atoms with van der Waals surface area (Å²) >= 11 is 11.6. The minimum absolute atomic E-state index is 0.245. The van der Waals surface area contributed by atoms with Crippen LogP contribution >= 0.6 is 23.2 Å². The molecule has 0 radical (unpaired) electrons. The lowest BCUT2D eigenvalue weighted by atomic mass is 10.2. The van der Waals surface area contributed by atoms with Gasteiger partial charge in [0.1, 0.15) is 5.15 Å². The molecule has 0 unspecified atom stereocenters. The SMILES string of the molecule is CC(C)COCCCNC(=O)c1cc(Cl)ncc1Cl. The normalized spacial score (nSPS) is 10.8. The Kier molecular flexibility index (Phi) is 7.13. The molecule has 0 fully saturated rings. The molecule has 0 aromatic carbocycles. The molecule has 1 heterocycles. The van der Waals surface area contributed by atoms with Crippen molar-refractivity contribution in [3.63, 3.8) is 0 Å². The zero-order valence-corrected chi connectivity index (χ0v) is 12.6. The number of hydrogen-bond acceptors (Lipinski definition) is 3. The third-order valence-electron chi connectivity index (χ3n) is 2.27. The summed E-state index contributed by atoms with van der Waals surface area (Å²) in [5, 5.41) is 3.30. The Labute approximate surface area is 123 Å². The Morgan fingerprint density at radius 1 is 1.47 bits per heavy atom. The molecule has 19 heavy (non-hydrogen) atoms. The molecule has 106 valence electrons. The number of nitrogens with zero attached hydrogens (tertiary/aromatic N) is 1. The molecule has 0 bridgehead atoms. The first-order valence-corrected chi connectivity index (χ1v) is 6.93. The van der Waals surface area contributed by atoms with Gasteiger partial charge in [-0.05, 0) is 18.4 Å². The van der Waals surface area contributed by atoms with Crippen LogP contribution in [-0.4, -0.2) is 30.6 Å². The Bertz CT molecular complexity index is 425. The lowest BCUT2D eigenvalue weighted by Gasteiger charge is -2.08. The minimum atomic E-state index is -0.252. The van der Waals surface area contributed by atoms with Gasteiger partial charge < -0.3 is 10.1 Å². The van der Waals surface area contributed by atoms with E-state index in [1.165, 1.54) is 12.3 Å². The van der Waals surface area contributed by atoms with Crippen molar-refractivity contribution in [2.24, 2.45) is 5.92 Å². The van der Waals surface area contributed by atoms with Crippen LogP contribution in [0.5, 0.6) is 0 Å². The fourth-order valence-electron chi connectivity index (χ4n) is 1.38. The Balaban J connectivity index is 2.29.